The van der Waals surface area contributed by atoms with Gasteiger partial charge in [0.2, 0.25) is 0 Å². The Kier molecular flexibility index (Phi) is 5.96. The van der Waals surface area contributed by atoms with Crippen LogP contribution in [0.5, 0.6) is 5.75 Å². The lowest BCUT2D eigenvalue weighted by Crippen LogP contribution is -2.30. The number of ether oxygens (including phenoxy) is 1. The zero-order valence-electron chi connectivity index (χ0n) is 17.3. The second kappa shape index (κ2) is 8.69. The number of carbonyl (C=O) groups excluding carboxylic acids is 2. The number of aliphatic hydroxyl groups is 1. The third-order valence-corrected chi connectivity index (χ3v) is 6.19. The van der Waals surface area contributed by atoms with Gasteiger partial charge in [-0.05, 0) is 48.4 Å². The van der Waals surface area contributed by atoms with Gasteiger partial charge >= 0.3 is 0 Å². The standard InChI is InChI=1S/C25H19Cl2NO4/c1-14-17(26)9-6-10-19(14)28-22(15-7-4-3-5-8-15)21(24(30)25(28)31)23(29)16-11-12-20(32-2)18(27)13-16/h3-13,22,29H,1-2H3/b23-21+. The molecule has 7 heteroatoms. The third kappa shape index (κ3) is 3.64. The van der Waals surface area contributed by atoms with Crippen LogP contribution in [0, 0.1) is 6.92 Å². The van der Waals surface area contributed by atoms with E-state index in [4.69, 9.17) is 27.9 Å². The van der Waals surface area contributed by atoms with Crippen LogP contribution in [0.15, 0.2) is 72.3 Å². The Morgan fingerprint density at radius 1 is 0.969 bits per heavy atom. The average Bonchev–Trinajstić information content (AvgIpc) is 3.06. The van der Waals surface area contributed by atoms with Crippen molar-refractivity contribution in [3.8, 4) is 5.75 Å². The minimum absolute atomic E-state index is 0.0261. The monoisotopic (exact) mass is 467 g/mol. The summed E-state index contributed by atoms with van der Waals surface area (Å²) in [5.74, 6) is -1.42. The summed E-state index contributed by atoms with van der Waals surface area (Å²) >= 11 is 12.5. The Bertz CT molecular complexity index is 1250. The number of rotatable bonds is 4. The van der Waals surface area contributed by atoms with Gasteiger partial charge in [-0.3, -0.25) is 14.5 Å². The largest absolute Gasteiger partial charge is 0.507 e. The first-order chi connectivity index (χ1) is 15.3. The van der Waals surface area contributed by atoms with E-state index in [1.807, 2.05) is 18.2 Å². The van der Waals surface area contributed by atoms with Crippen LogP contribution in [0.3, 0.4) is 0 Å². The highest BCUT2D eigenvalue weighted by atomic mass is 35.5. The number of amides is 1. The lowest BCUT2D eigenvalue weighted by atomic mass is 9.95. The van der Waals surface area contributed by atoms with Gasteiger partial charge in [0, 0.05) is 16.3 Å². The van der Waals surface area contributed by atoms with E-state index < -0.39 is 17.7 Å². The molecule has 0 bridgehead atoms. The first-order valence-corrected chi connectivity index (χ1v) is 10.6. The number of aliphatic hydroxyl groups excluding tert-OH is 1. The van der Waals surface area contributed by atoms with Gasteiger partial charge in [0.05, 0.1) is 23.7 Å². The quantitative estimate of drug-likeness (QED) is 0.293. The van der Waals surface area contributed by atoms with Crippen LogP contribution < -0.4 is 9.64 Å². The van der Waals surface area contributed by atoms with E-state index in [0.717, 1.165) is 0 Å². The molecule has 1 N–H and O–H groups in total. The Balaban J connectivity index is 1.96. The summed E-state index contributed by atoms with van der Waals surface area (Å²) in [6.07, 6.45) is 0. The Hall–Kier alpha value is -3.28. The van der Waals surface area contributed by atoms with Gasteiger partial charge in [0.15, 0.2) is 0 Å². The fourth-order valence-corrected chi connectivity index (χ4v) is 4.29. The molecule has 0 aromatic heterocycles. The Morgan fingerprint density at radius 3 is 2.34 bits per heavy atom. The normalized spacial score (nSPS) is 17.6. The Labute approximate surface area is 195 Å². The number of ketones is 1. The summed E-state index contributed by atoms with van der Waals surface area (Å²) in [7, 11) is 1.48. The molecule has 0 spiro atoms. The molecule has 0 aliphatic carbocycles. The minimum atomic E-state index is -0.839. The molecule has 3 aromatic carbocycles. The van der Waals surface area contributed by atoms with E-state index in [-0.39, 0.29) is 16.4 Å². The van der Waals surface area contributed by atoms with Gasteiger partial charge in [-0.1, -0.05) is 59.6 Å². The molecular weight excluding hydrogens is 449 g/mol. The minimum Gasteiger partial charge on any atom is -0.507 e. The molecule has 1 fully saturated rings. The van der Waals surface area contributed by atoms with Gasteiger partial charge in [-0.25, -0.2) is 0 Å². The number of hydrogen-bond acceptors (Lipinski definition) is 4. The van der Waals surface area contributed by atoms with Crippen molar-refractivity contribution in [1.82, 2.24) is 0 Å². The zero-order chi connectivity index (χ0) is 23.0. The molecule has 1 aliphatic heterocycles. The maximum Gasteiger partial charge on any atom is 0.300 e. The zero-order valence-corrected chi connectivity index (χ0v) is 18.8. The van der Waals surface area contributed by atoms with E-state index >= 15 is 0 Å². The summed E-state index contributed by atoms with van der Waals surface area (Å²) in [4.78, 5) is 27.8. The lowest BCUT2D eigenvalue weighted by Gasteiger charge is -2.27. The van der Waals surface area contributed by atoms with E-state index in [9.17, 15) is 14.7 Å². The first-order valence-electron chi connectivity index (χ1n) is 9.80. The molecule has 0 saturated carbocycles. The lowest BCUT2D eigenvalue weighted by molar-refractivity contribution is -0.132. The van der Waals surface area contributed by atoms with Crippen molar-refractivity contribution in [1.29, 1.82) is 0 Å². The number of halogens is 2. The van der Waals surface area contributed by atoms with Crippen LogP contribution in [0.2, 0.25) is 10.0 Å². The number of methoxy groups -OCH3 is 1. The number of anilines is 1. The van der Waals surface area contributed by atoms with Crippen molar-refractivity contribution in [2.45, 2.75) is 13.0 Å². The second-order valence-corrected chi connectivity index (χ2v) is 8.13. The number of nitrogens with zero attached hydrogens (tertiary/aromatic N) is 1. The summed E-state index contributed by atoms with van der Waals surface area (Å²) in [5.41, 5.74) is 2.11. The van der Waals surface area contributed by atoms with Crippen LogP contribution in [-0.2, 0) is 9.59 Å². The fraction of sp³-hybridized carbons (Fsp3) is 0.120. The summed E-state index contributed by atoms with van der Waals surface area (Å²) in [5, 5.41) is 11.9. The van der Waals surface area contributed by atoms with Crippen molar-refractivity contribution < 1.29 is 19.4 Å². The molecule has 1 unspecified atom stereocenters. The fourth-order valence-electron chi connectivity index (χ4n) is 3.86. The highest BCUT2D eigenvalue weighted by Gasteiger charge is 2.47. The smallest absolute Gasteiger partial charge is 0.300 e. The van der Waals surface area contributed by atoms with Gasteiger partial charge < -0.3 is 9.84 Å². The molecular formula is C25H19Cl2NO4. The summed E-state index contributed by atoms with van der Waals surface area (Å²) in [6, 6.07) is 18.1. The number of benzene rings is 3. The third-order valence-electron chi connectivity index (χ3n) is 5.48. The van der Waals surface area contributed by atoms with Crippen LogP contribution in [0.4, 0.5) is 5.69 Å². The molecule has 1 amide bonds. The highest BCUT2D eigenvalue weighted by molar-refractivity contribution is 6.52. The SMILES string of the molecule is COc1ccc(/C(O)=C2\C(=O)C(=O)N(c3cccc(Cl)c3C)C2c2ccccc2)cc1Cl. The van der Waals surface area contributed by atoms with Gasteiger partial charge in [-0.15, -0.1) is 0 Å². The van der Waals surface area contributed by atoms with Gasteiger partial charge in [0.25, 0.3) is 11.7 Å². The van der Waals surface area contributed by atoms with Crippen LogP contribution in [-0.4, -0.2) is 23.9 Å². The van der Waals surface area contributed by atoms with Crippen LogP contribution in [0.25, 0.3) is 5.76 Å². The molecule has 3 aromatic rings. The molecule has 1 atom stereocenters. The molecule has 1 aliphatic rings. The molecule has 0 radical (unpaired) electrons. The van der Waals surface area contributed by atoms with Crippen molar-refractivity contribution in [2.24, 2.45) is 0 Å². The van der Waals surface area contributed by atoms with Crippen molar-refractivity contribution in [3.05, 3.63) is 99.0 Å². The molecule has 162 valence electrons. The molecule has 4 rings (SSSR count). The number of hydrogen-bond donors (Lipinski definition) is 1. The predicted molar refractivity (Wildman–Crippen MR) is 125 cm³/mol. The van der Waals surface area contributed by atoms with Crippen molar-refractivity contribution in [3.63, 3.8) is 0 Å². The van der Waals surface area contributed by atoms with Crippen LogP contribution in [0.1, 0.15) is 22.7 Å². The average molecular weight is 468 g/mol. The van der Waals surface area contributed by atoms with Crippen LogP contribution >= 0.6 is 23.2 Å². The van der Waals surface area contributed by atoms with E-state index in [0.29, 0.717) is 33.1 Å². The predicted octanol–water partition coefficient (Wildman–Crippen LogP) is 5.94. The Morgan fingerprint density at radius 2 is 1.69 bits per heavy atom. The molecule has 1 heterocycles. The van der Waals surface area contributed by atoms with Crippen molar-refractivity contribution in [2.75, 3.05) is 12.0 Å². The maximum atomic E-state index is 13.2. The second-order valence-electron chi connectivity index (χ2n) is 7.31. The first kappa shape index (κ1) is 21.9. The molecule has 1 saturated heterocycles. The van der Waals surface area contributed by atoms with Gasteiger partial charge in [0.1, 0.15) is 11.5 Å². The summed E-state index contributed by atoms with van der Waals surface area (Å²) in [6.45, 7) is 1.78. The molecule has 32 heavy (non-hydrogen) atoms. The number of carbonyl (C=O) groups is 2. The topological polar surface area (TPSA) is 66.8 Å². The van der Waals surface area contributed by atoms with Gasteiger partial charge in [-0.2, -0.15) is 0 Å². The van der Waals surface area contributed by atoms with E-state index in [2.05, 4.69) is 0 Å². The summed E-state index contributed by atoms with van der Waals surface area (Å²) < 4.78 is 5.16. The number of Topliss-reactive ketones (excluding diaryl/α,β-unsaturated/α-hetero) is 1. The van der Waals surface area contributed by atoms with Crippen molar-refractivity contribution >= 4 is 46.3 Å². The maximum absolute atomic E-state index is 13.2. The molecule has 5 nitrogen and oxygen atoms in total. The van der Waals surface area contributed by atoms with E-state index in [1.54, 1.807) is 49.4 Å². The van der Waals surface area contributed by atoms with E-state index in [1.165, 1.54) is 18.1 Å². The highest BCUT2D eigenvalue weighted by Crippen LogP contribution is 2.44.